The second-order valence-electron chi connectivity index (χ2n) is 12.3. The van der Waals surface area contributed by atoms with Gasteiger partial charge in [-0.3, -0.25) is 9.10 Å². The Labute approximate surface area is 307 Å². The largest absolute Gasteiger partial charge is 0.457 e. The van der Waals surface area contributed by atoms with Crippen molar-refractivity contribution in [3.8, 4) is 22.8 Å². The topological polar surface area (TPSA) is 155 Å². The molecule has 286 valence electrons. The van der Waals surface area contributed by atoms with Gasteiger partial charge in [-0.2, -0.15) is 0 Å². The smallest absolute Gasteiger partial charge is 0.409 e. The van der Waals surface area contributed by atoms with Crippen LogP contribution < -0.4 is 14.4 Å². The highest BCUT2D eigenvalue weighted by Gasteiger charge is 2.34. The molecule has 2 heterocycles. The molecule has 1 aliphatic heterocycles. The lowest BCUT2D eigenvalue weighted by molar-refractivity contribution is -0.0322. The van der Waals surface area contributed by atoms with E-state index in [4.69, 9.17) is 32.8 Å². The fraction of sp³-hybridized carbons (Fsp3) is 0.405. The van der Waals surface area contributed by atoms with Crippen LogP contribution in [0.4, 0.5) is 14.9 Å². The number of hydrogen-bond acceptors (Lipinski definition) is 11. The Morgan fingerprint density at radius 2 is 1.62 bits per heavy atom. The number of furan rings is 1. The van der Waals surface area contributed by atoms with E-state index in [0.29, 0.717) is 60.1 Å². The van der Waals surface area contributed by atoms with Gasteiger partial charge in [0.1, 0.15) is 41.4 Å². The number of methoxy groups -OCH3 is 1. The van der Waals surface area contributed by atoms with E-state index in [-0.39, 0.29) is 49.0 Å². The maximum Gasteiger partial charge on any atom is 0.409 e. The van der Waals surface area contributed by atoms with Gasteiger partial charge in [0.15, 0.2) is 0 Å². The van der Waals surface area contributed by atoms with Gasteiger partial charge in [0.05, 0.1) is 63.2 Å². The number of sulfonamides is 1. The van der Waals surface area contributed by atoms with E-state index >= 15 is 0 Å². The molecule has 2 atom stereocenters. The highest BCUT2D eigenvalue weighted by atomic mass is 32.2. The van der Waals surface area contributed by atoms with Crippen molar-refractivity contribution in [3.05, 3.63) is 77.6 Å². The van der Waals surface area contributed by atoms with E-state index in [1.165, 1.54) is 40.5 Å². The minimum absolute atomic E-state index is 0.143. The van der Waals surface area contributed by atoms with Crippen molar-refractivity contribution in [1.29, 1.82) is 0 Å². The number of carbonyl (C=O) groups excluding carboxylic acids is 2. The zero-order chi connectivity index (χ0) is 38.1. The minimum Gasteiger partial charge on any atom is -0.457 e. The van der Waals surface area contributed by atoms with Crippen molar-refractivity contribution in [2.45, 2.75) is 19.1 Å². The number of fused-ring (bicyclic) bond motifs is 2. The molecule has 0 unspecified atom stereocenters. The standard InChI is InChI=1S/C37H44FN3O11S/c1-24-30-20-31-33(52-35(34(31)36(42)39-2)25-6-10-27(11-7-25)51-28-12-8-26(38)9-13-28)21-32(30)41(53(5,44)45)22-29(50-24)23-49-37(43)40(3)14-15-47-18-19-48-17-16-46-4/h6-13,20-21,24,29H,14-19,22-23H2,1-5H3,(H,39,42)/t24-,29-/m0/s1. The Hall–Kier alpha value is -4.74. The summed E-state index contributed by atoms with van der Waals surface area (Å²) >= 11 is 0. The maximum absolute atomic E-state index is 13.3. The summed E-state index contributed by atoms with van der Waals surface area (Å²) in [6.07, 6.45) is -1.03. The number of anilines is 1. The molecule has 3 aromatic carbocycles. The molecular formula is C37H44FN3O11S. The molecule has 0 saturated heterocycles. The van der Waals surface area contributed by atoms with Crippen LogP contribution in [0.5, 0.6) is 11.5 Å². The number of benzene rings is 3. The van der Waals surface area contributed by atoms with Crippen molar-refractivity contribution < 1.29 is 55.2 Å². The fourth-order valence-electron chi connectivity index (χ4n) is 5.68. The zero-order valence-electron chi connectivity index (χ0n) is 30.3. The summed E-state index contributed by atoms with van der Waals surface area (Å²) in [7, 11) is 0.800. The predicted octanol–water partition coefficient (Wildman–Crippen LogP) is 5.36. The highest BCUT2D eigenvalue weighted by Crippen LogP contribution is 2.42. The maximum atomic E-state index is 13.3. The Morgan fingerprint density at radius 1 is 0.981 bits per heavy atom. The van der Waals surface area contributed by atoms with Crippen LogP contribution >= 0.6 is 0 Å². The van der Waals surface area contributed by atoms with Gasteiger partial charge in [-0.05, 0) is 61.5 Å². The van der Waals surface area contributed by atoms with Crippen molar-refractivity contribution in [1.82, 2.24) is 10.2 Å². The van der Waals surface area contributed by atoms with Gasteiger partial charge in [0, 0.05) is 50.3 Å². The van der Waals surface area contributed by atoms with Gasteiger partial charge in [-0.25, -0.2) is 17.6 Å². The molecule has 16 heteroatoms. The number of hydrogen-bond donors (Lipinski definition) is 1. The molecule has 53 heavy (non-hydrogen) atoms. The summed E-state index contributed by atoms with van der Waals surface area (Å²) in [5, 5.41) is 3.11. The number of likely N-dealkylation sites (N-methyl/N-ethyl adjacent to an activating group) is 1. The molecule has 0 bridgehead atoms. The fourth-order valence-corrected chi connectivity index (χ4v) is 6.64. The molecule has 1 aliphatic rings. The Balaban J connectivity index is 1.33. The summed E-state index contributed by atoms with van der Waals surface area (Å²) in [6.45, 7) is 3.66. The monoisotopic (exact) mass is 757 g/mol. The molecule has 0 spiro atoms. The van der Waals surface area contributed by atoms with E-state index in [0.717, 1.165) is 6.26 Å². The van der Waals surface area contributed by atoms with Gasteiger partial charge in [0.25, 0.3) is 5.91 Å². The van der Waals surface area contributed by atoms with Crippen LogP contribution in [0, 0.1) is 5.82 Å². The highest BCUT2D eigenvalue weighted by molar-refractivity contribution is 7.92. The first kappa shape index (κ1) is 39.5. The first-order valence-corrected chi connectivity index (χ1v) is 18.8. The van der Waals surface area contributed by atoms with Gasteiger partial charge in [0.2, 0.25) is 10.0 Å². The number of nitrogens with zero attached hydrogens (tertiary/aromatic N) is 2. The first-order chi connectivity index (χ1) is 25.4. The van der Waals surface area contributed by atoms with E-state index in [9.17, 15) is 22.4 Å². The zero-order valence-corrected chi connectivity index (χ0v) is 31.1. The minimum atomic E-state index is -3.86. The molecule has 1 aromatic heterocycles. The lowest BCUT2D eigenvalue weighted by atomic mass is 10.0. The van der Waals surface area contributed by atoms with Crippen molar-refractivity contribution in [2.24, 2.45) is 0 Å². The summed E-state index contributed by atoms with van der Waals surface area (Å²) in [5.41, 5.74) is 1.90. The molecule has 0 fully saturated rings. The van der Waals surface area contributed by atoms with Gasteiger partial charge >= 0.3 is 6.09 Å². The molecular weight excluding hydrogens is 713 g/mol. The molecule has 0 radical (unpaired) electrons. The van der Waals surface area contributed by atoms with Crippen LogP contribution in [0.1, 0.15) is 28.9 Å². The van der Waals surface area contributed by atoms with E-state index in [2.05, 4.69) is 5.32 Å². The molecule has 0 aliphatic carbocycles. The van der Waals surface area contributed by atoms with Gasteiger partial charge < -0.3 is 43.1 Å². The number of halogens is 1. The van der Waals surface area contributed by atoms with Crippen LogP contribution in [-0.4, -0.2) is 112 Å². The number of carbonyl (C=O) groups is 2. The van der Waals surface area contributed by atoms with Crippen LogP contribution in [0.2, 0.25) is 0 Å². The van der Waals surface area contributed by atoms with Crippen molar-refractivity contribution >= 4 is 38.7 Å². The molecule has 14 nitrogen and oxygen atoms in total. The third kappa shape index (κ3) is 10.0. The molecule has 2 amide bonds. The predicted molar refractivity (Wildman–Crippen MR) is 194 cm³/mol. The average molecular weight is 758 g/mol. The summed E-state index contributed by atoms with van der Waals surface area (Å²) < 4.78 is 80.6. The van der Waals surface area contributed by atoms with Crippen LogP contribution in [-0.2, 0) is 33.7 Å². The second kappa shape index (κ2) is 17.9. The average Bonchev–Trinajstić information content (AvgIpc) is 3.44. The number of amides is 2. The Kier molecular flexibility index (Phi) is 13.3. The summed E-state index contributed by atoms with van der Waals surface area (Å²) in [4.78, 5) is 27.4. The second-order valence-corrected chi connectivity index (χ2v) is 14.2. The molecule has 4 aromatic rings. The molecule has 5 rings (SSSR count). The number of rotatable bonds is 16. The quantitative estimate of drug-likeness (QED) is 0.147. The summed E-state index contributed by atoms with van der Waals surface area (Å²) in [5.74, 6) is 0.406. The Bertz CT molecular complexity index is 1970. The van der Waals surface area contributed by atoms with E-state index < -0.39 is 34.2 Å². The number of ether oxygens (including phenoxy) is 6. The lowest BCUT2D eigenvalue weighted by Gasteiger charge is -2.25. The SMILES string of the molecule is CNC(=O)c1c(-c2ccc(Oc3ccc(F)cc3)cc2)oc2cc3c(cc12)[C@H](C)O[C@H](COC(=O)N(C)CCOCCOCCOC)CN3S(C)(=O)=O. The molecule has 1 N–H and O–H groups in total. The Morgan fingerprint density at radius 3 is 2.26 bits per heavy atom. The number of nitrogens with one attached hydrogen (secondary N) is 1. The third-order valence-corrected chi connectivity index (χ3v) is 9.56. The van der Waals surface area contributed by atoms with E-state index in [1.54, 1.807) is 57.5 Å². The van der Waals surface area contributed by atoms with Crippen molar-refractivity contribution in [2.75, 3.05) is 84.5 Å². The third-order valence-electron chi connectivity index (χ3n) is 8.41. The van der Waals surface area contributed by atoms with Gasteiger partial charge in [-0.1, -0.05) is 0 Å². The lowest BCUT2D eigenvalue weighted by Crippen LogP contribution is -2.40. The van der Waals surface area contributed by atoms with Crippen LogP contribution in [0.25, 0.3) is 22.3 Å². The van der Waals surface area contributed by atoms with Gasteiger partial charge in [-0.15, -0.1) is 0 Å². The summed E-state index contributed by atoms with van der Waals surface area (Å²) in [6, 6.07) is 15.7. The van der Waals surface area contributed by atoms with Crippen LogP contribution in [0.3, 0.4) is 0 Å². The normalized spacial score (nSPS) is 15.8. The van der Waals surface area contributed by atoms with Crippen LogP contribution in [0.15, 0.2) is 65.1 Å². The van der Waals surface area contributed by atoms with E-state index in [1.807, 2.05) is 0 Å². The van der Waals surface area contributed by atoms with Crippen molar-refractivity contribution in [3.63, 3.8) is 0 Å². The first-order valence-electron chi connectivity index (χ1n) is 16.9. The molecule has 0 saturated carbocycles.